The zero-order chi connectivity index (χ0) is 14.9. The van der Waals surface area contributed by atoms with Crippen LogP contribution in [-0.4, -0.2) is 27.7 Å². The summed E-state index contributed by atoms with van der Waals surface area (Å²) in [5.74, 6) is 2.56. The maximum Gasteiger partial charge on any atom is 0.119 e. The van der Waals surface area contributed by atoms with Gasteiger partial charge in [-0.05, 0) is 87.8 Å². The summed E-state index contributed by atoms with van der Waals surface area (Å²) in [7, 11) is 5.97. The van der Waals surface area contributed by atoms with Crippen molar-refractivity contribution < 1.29 is 4.74 Å². The van der Waals surface area contributed by atoms with Crippen molar-refractivity contribution in [3.63, 3.8) is 0 Å². The number of fused-ring (bicyclic) bond motifs is 3. The van der Waals surface area contributed by atoms with Crippen LogP contribution in [0.15, 0.2) is 18.2 Å². The van der Waals surface area contributed by atoms with Gasteiger partial charge in [-0.2, -0.15) is 0 Å². The van der Waals surface area contributed by atoms with Gasteiger partial charge in [-0.25, -0.2) is 0 Å². The summed E-state index contributed by atoms with van der Waals surface area (Å²) in [5.41, 5.74) is 3.16. The second-order valence-electron chi connectivity index (χ2n) is 6.68. The highest BCUT2D eigenvalue weighted by Gasteiger charge is 2.46. The molecule has 3 atom stereocenters. The Labute approximate surface area is 128 Å². The maximum atomic E-state index is 5.47. The van der Waals surface area contributed by atoms with Crippen LogP contribution in [0.4, 0.5) is 0 Å². The van der Waals surface area contributed by atoms with E-state index >= 15 is 0 Å². The number of ether oxygens (including phenoxy) is 1. The van der Waals surface area contributed by atoms with Crippen LogP contribution in [0.5, 0.6) is 5.75 Å². The molecule has 0 amide bonds. The molecular formula is C18H28N2O. The maximum absolute atomic E-state index is 5.47. The van der Waals surface area contributed by atoms with Crippen LogP contribution in [-0.2, 0) is 12.0 Å². The zero-order valence-electron chi connectivity index (χ0n) is 13.5. The van der Waals surface area contributed by atoms with Gasteiger partial charge in [0.15, 0.2) is 0 Å². The molecule has 21 heavy (non-hydrogen) atoms. The van der Waals surface area contributed by atoms with Gasteiger partial charge in [-0.1, -0.05) is 6.07 Å². The lowest BCUT2D eigenvalue weighted by molar-refractivity contribution is 0.0932. The highest BCUT2D eigenvalue weighted by atomic mass is 16.5. The molecule has 0 heterocycles. The molecule has 3 unspecified atom stereocenters. The largest absolute Gasteiger partial charge is 0.497 e. The Morgan fingerprint density at radius 3 is 2.86 bits per heavy atom. The van der Waals surface area contributed by atoms with Crippen molar-refractivity contribution in [2.24, 2.45) is 11.8 Å². The van der Waals surface area contributed by atoms with E-state index in [1.807, 2.05) is 0 Å². The second kappa shape index (κ2) is 5.98. The lowest BCUT2D eigenvalue weighted by Gasteiger charge is -2.50. The van der Waals surface area contributed by atoms with E-state index in [2.05, 4.69) is 42.9 Å². The number of hydrogen-bond acceptors (Lipinski definition) is 3. The van der Waals surface area contributed by atoms with E-state index in [1.165, 1.54) is 43.2 Å². The first-order chi connectivity index (χ1) is 10.2. The third kappa shape index (κ3) is 2.47. The van der Waals surface area contributed by atoms with Crippen LogP contribution in [0.2, 0.25) is 0 Å². The normalized spacial score (nSPS) is 31.4. The Bertz CT molecular complexity index is 502. The van der Waals surface area contributed by atoms with Crippen molar-refractivity contribution in [2.75, 3.05) is 27.7 Å². The molecule has 1 aromatic rings. The molecule has 1 saturated carbocycles. The molecule has 0 aromatic heterocycles. The van der Waals surface area contributed by atoms with Crippen LogP contribution in [0.3, 0.4) is 0 Å². The topological polar surface area (TPSA) is 33.3 Å². The Balaban J connectivity index is 1.95. The van der Waals surface area contributed by atoms with Crippen molar-refractivity contribution in [2.45, 2.75) is 37.6 Å². The molecule has 3 nitrogen and oxygen atoms in total. The Morgan fingerprint density at radius 1 is 1.29 bits per heavy atom. The van der Waals surface area contributed by atoms with E-state index in [0.29, 0.717) is 0 Å². The molecule has 3 heteroatoms. The zero-order valence-corrected chi connectivity index (χ0v) is 13.5. The summed E-state index contributed by atoms with van der Waals surface area (Å²) in [6, 6.07) is 6.65. The fourth-order valence-electron chi connectivity index (χ4n) is 4.66. The van der Waals surface area contributed by atoms with Crippen LogP contribution >= 0.6 is 0 Å². The average Bonchev–Trinajstić information content (AvgIpc) is 2.54. The third-order valence-electron chi connectivity index (χ3n) is 5.76. The van der Waals surface area contributed by atoms with E-state index in [-0.39, 0.29) is 5.54 Å². The van der Waals surface area contributed by atoms with E-state index in [1.54, 1.807) is 7.11 Å². The van der Waals surface area contributed by atoms with Gasteiger partial charge in [-0.15, -0.1) is 0 Å². The second-order valence-corrected chi connectivity index (χ2v) is 6.68. The molecular weight excluding hydrogens is 260 g/mol. The van der Waals surface area contributed by atoms with E-state index in [0.717, 1.165) is 24.1 Å². The molecule has 0 bridgehead atoms. The summed E-state index contributed by atoms with van der Waals surface area (Å²) < 4.78 is 5.47. The summed E-state index contributed by atoms with van der Waals surface area (Å²) in [5, 5.41) is 7.07. The third-order valence-corrected chi connectivity index (χ3v) is 5.76. The fourth-order valence-corrected chi connectivity index (χ4v) is 4.66. The first-order valence-corrected chi connectivity index (χ1v) is 8.24. The molecule has 0 spiro atoms. The number of nitrogens with one attached hydrogen (secondary N) is 2. The molecule has 2 aliphatic carbocycles. The van der Waals surface area contributed by atoms with Gasteiger partial charge in [0, 0.05) is 5.54 Å². The number of aryl methyl sites for hydroxylation is 1. The SMILES string of the molecule is CNCC1CCC2(NC)c3cc(OC)ccc3CCC2C1. The molecule has 0 saturated heterocycles. The van der Waals surface area contributed by atoms with Gasteiger partial charge >= 0.3 is 0 Å². The quantitative estimate of drug-likeness (QED) is 0.894. The van der Waals surface area contributed by atoms with Crippen LogP contribution in [0.1, 0.15) is 36.8 Å². The standard InChI is InChI=1S/C18H28N2O/c1-19-12-13-8-9-18(20-2)15(10-13)6-4-14-5-7-16(21-3)11-17(14)18/h5,7,11,13,15,19-20H,4,6,8-10,12H2,1-3H3. The first kappa shape index (κ1) is 14.9. The lowest BCUT2D eigenvalue weighted by Crippen LogP contribution is -2.53. The van der Waals surface area contributed by atoms with Crippen molar-refractivity contribution in [1.82, 2.24) is 10.6 Å². The highest BCUT2D eigenvalue weighted by molar-refractivity contribution is 5.43. The molecule has 1 aromatic carbocycles. The highest BCUT2D eigenvalue weighted by Crippen LogP contribution is 2.50. The summed E-state index contributed by atoms with van der Waals surface area (Å²) in [6.45, 7) is 1.15. The van der Waals surface area contributed by atoms with E-state index in [4.69, 9.17) is 4.74 Å². The Hall–Kier alpha value is -1.06. The van der Waals surface area contributed by atoms with Crippen molar-refractivity contribution in [1.29, 1.82) is 0 Å². The van der Waals surface area contributed by atoms with Crippen LogP contribution in [0.25, 0.3) is 0 Å². The average molecular weight is 288 g/mol. The van der Waals surface area contributed by atoms with Crippen molar-refractivity contribution >= 4 is 0 Å². The van der Waals surface area contributed by atoms with Crippen molar-refractivity contribution in [3.05, 3.63) is 29.3 Å². The van der Waals surface area contributed by atoms with Gasteiger partial charge in [0.1, 0.15) is 5.75 Å². The van der Waals surface area contributed by atoms with E-state index < -0.39 is 0 Å². The number of rotatable bonds is 4. The monoisotopic (exact) mass is 288 g/mol. The predicted octanol–water partition coefficient (Wildman–Crippen LogP) is 2.69. The van der Waals surface area contributed by atoms with Gasteiger partial charge in [0.25, 0.3) is 0 Å². The lowest BCUT2D eigenvalue weighted by atomic mass is 9.60. The Kier molecular flexibility index (Phi) is 4.23. The number of hydrogen-bond donors (Lipinski definition) is 2. The first-order valence-electron chi connectivity index (χ1n) is 8.24. The number of benzene rings is 1. The fraction of sp³-hybridized carbons (Fsp3) is 0.667. The molecule has 0 radical (unpaired) electrons. The van der Waals surface area contributed by atoms with Gasteiger partial charge < -0.3 is 15.4 Å². The van der Waals surface area contributed by atoms with Crippen molar-refractivity contribution in [3.8, 4) is 5.75 Å². The van der Waals surface area contributed by atoms with Gasteiger partial charge in [0.2, 0.25) is 0 Å². The summed E-state index contributed by atoms with van der Waals surface area (Å²) in [4.78, 5) is 0. The predicted molar refractivity (Wildman–Crippen MR) is 86.8 cm³/mol. The minimum Gasteiger partial charge on any atom is -0.497 e. The molecule has 0 aliphatic heterocycles. The molecule has 116 valence electrons. The number of methoxy groups -OCH3 is 1. The van der Waals surface area contributed by atoms with Gasteiger partial charge in [-0.3, -0.25) is 0 Å². The van der Waals surface area contributed by atoms with E-state index in [9.17, 15) is 0 Å². The smallest absolute Gasteiger partial charge is 0.119 e. The summed E-state index contributed by atoms with van der Waals surface area (Å²) >= 11 is 0. The van der Waals surface area contributed by atoms with Crippen LogP contribution < -0.4 is 15.4 Å². The minimum atomic E-state index is 0.159. The van der Waals surface area contributed by atoms with Gasteiger partial charge in [0.05, 0.1) is 7.11 Å². The van der Waals surface area contributed by atoms with Crippen LogP contribution in [0, 0.1) is 11.8 Å². The molecule has 1 fully saturated rings. The molecule has 2 N–H and O–H groups in total. The Morgan fingerprint density at radius 2 is 2.14 bits per heavy atom. The minimum absolute atomic E-state index is 0.159. The summed E-state index contributed by atoms with van der Waals surface area (Å²) in [6.07, 6.45) is 6.38. The molecule has 3 rings (SSSR count). The molecule has 2 aliphatic rings.